The lowest BCUT2D eigenvalue weighted by molar-refractivity contribution is 0.559. The van der Waals surface area contributed by atoms with E-state index in [2.05, 4.69) is 26.9 Å². The standard InChI is InChI=1S/C12H19N5/c1-9-10(8-15-17(9)4)11(13-2)7-12-14-5-6-16(12)3/h5-6,8,11,13H,7H2,1-4H3. The van der Waals surface area contributed by atoms with E-state index in [0.29, 0.717) is 0 Å². The third kappa shape index (κ3) is 2.24. The van der Waals surface area contributed by atoms with Crippen LogP contribution in [0.5, 0.6) is 0 Å². The molecule has 1 atom stereocenters. The fraction of sp³-hybridized carbons (Fsp3) is 0.500. The molecule has 92 valence electrons. The van der Waals surface area contributed by atoms with Gasteiger partial charge in [-0.2, -0.15) is 5.10 Å². The van der Waals surface area contributed by atoms with Crippen LogP contribution in [-0.2, 0) is 20.5 Å². The van der Waals surface area contributed by atoms with Crippen LogP contribution in [0.25, 0.3) is 0 Å². The topological polar surface area (TPSA) is 47.7 Å². The van der Waals surface area contributed by atoms with Gasteiger partial charge >= 0.3 is 0 Å². The van der Waals surface area contributed by atoms with E-state index in [4.69, 9.17) is 0 Å². The molecule has 0 fully saturated rings. The summed E-state index contributed by atoms with van der Waals surface area (Å²) in [5, 5.41) is 7.62. The van der Waals surface area contributed by atoms with Crippen LogP contribution in [0, 0.1) is 6.92 Å². The van der Waals surface area contributed by atoms with E-state index < -0.39 is 0 Å². The molecule has 0 amide bonds. The first-order valence-corrected chi connectivity index (χ1v) is 5.75. The first kappa shape index (κ1) is 11.9. The van der Waals surface area contributed by atoms with Gasteiger partial charge in [0.1, 0.15) is 5.82 Å². The molecule has 2 heterocycles. The van der Waals surface area contributed by atoms with Crippen molar-refractivity contribution >= 4 is 0 Å². The monoisotopic (exact) mass is 233 g/mol. The minimum atomic E-state index is 0.254. The van der Waals surface area contributed by atoms with Crippen LogP contribution in [-0.4, -0.2) is 26.4 Å². The highest BCUT2D eigenvalue weighted by Gasteiger charge is 2.17. The van der Waals surface area contributed by atoms with Gasteiger partial charge in [-0.1, -0.05) is 0 Å². The van der Waals surface area contributed by atoms with E-state index in [-0.39, 0.29) is 6.04 Å². The van der Waals surface area contributed by atoms with Crippen molar-refractivity contribution in [2.45, 2.75) is 19.4 Å². The average Bonchev–Trinajstić information content (AvgIpc) is 2.85. The Hall–Kier alpha value is -1.62. The molecule has 0 aliphatic carbocycles. The summed E-state index contributed by atoms with van der Waals surface area (Å²) < 4.78 is 3.95. The maximum atomic E-state index is 4.36. The molecule has 1 N–H and O–H groups in total. The summed E-state index contributed by atoms with van der Waals surface area (Å²) in [6, 6.07) is 0.254. The minimum absolute atomic E-state index is 0.254. The van der Waals surface area contributed by atoms with E-state index in [0.717, 1.165) is 12.2 Å². The summed E-state index contributed by atoms with van der Waals surface area (Å²) >= 11 is 0. The van der Waals surface area contributed by atoms with Crippen molar-refractivity contribution in [2.24, 2.45) is 14.1 Å². The van der Waals surface area contributed by atoms with Crippen molar-refractivity contribution in [1.29, 1.82) is 0 Å². The molecule has 0 bridgehead atoms. The van der Waals surface area contributed by atoms with Crippen LogP contribution in [0.15, 0.2) is 18.6 Å². The van der Waals surface area contributed by atoms with Gasteiger partial charge in [0, 0.05) is 50.2 Å². The molecule has 0 spiro atoms. The zero-order valence-corrected chi connectivity index (χ0v) is 10.8. The Morgan fingerprint density at radius 3 is 2.65 bits per heavy atom. The molecule has 0 aromatic carbocycles. The van der Waals surface area contributed by atoms with Crippen molar-refractivity contribution in [3.8, 4) is 0 Å². The number of aromatic nitrogens is 4. The highest BCUT2D eigenvalue weighted by molar-refractivity contribution is 5.21. The van der Waals surface area contributed by atoms with E-state index in [1.807, 2.05) is 44.4 Å². The zero-order valence-electron chi connectivity index (χ0n) is 10.8. The predicted molar refractivity (Wildman–Crippen MR) is 66.7 cm³/mol. The molecular weight excluding hydrogens is 214 g/mol. The summed E-state index contributed by atoms with van der Waals surface area (Å²) in [5.74, 6) is 1.08. The first-order valence-electron chi connectivity index (χ1n) is 5.75. The van der Waals surface area contributed by atoms with Gasteiger partial charge in [0.15, 0.2) is 0 Å². The van der Waals surface area contributed by atoms with E-state index in [1.165, 1.54) is 11.3 Å². The summed E-state index contributed by atoms with van der Waals surface area (Å²) in [6.45, 7) is 2.09. The molecular formula is C12H19N5. The molecule has 0 aliphatic rings. The summed E-state index contributed by atoms with van der Waals surface area (Å²) in [7, 11) is 5.96. The van der Waals surface area contributed by atoms with Crippen molar-refractivity contribution in [3.05, 3.63) is 35.7 Å². The van der Waals surface area contributed by atoms with Gasteiger partial charge in [0.05, 0.1) is 6.20 Å². The number of nitrogens with zero attached hydrogens (tertiary/aromatic N) is 4. The van der Waals surface area contributed by atoms with Gasteiger partial charge in [-0.3, -0.25) is 4.68 Å². The van der Waals surface area contributed by atoms with Crippen LogP contribution in [0.4, 0.5) is 0 Å². The fourth-order valence-electron chi connectivity index (χ4n) is 2.00. The summed E-state index contributed by atoms with van der Waals surface area (Å²) in [4.78, 5) is 4.36. The normalized spacial score (nSPS) is 12.9. The van der Waals surface area contributed by atoms with Crippen LogP contribution in [0.1, 0.15) is 23.1 Å². The maximum absolute atomic E-state index is 4.36. The lowest BCUT2D eigenvalue weighted by Crippen LogP contribution is -2.21. The largest absolute Gasteiger partial charge is 0.338 e. The number of hydrogen-bond donors (Lipinski definition) is 1. The molecule has 5 heteroatoms. The Morgan fingerprint density at radius 1 is 1.41 bits per heavy atom. The highest BCUT2D eigenvalue weighted by atomic mass is 15.3. The molecule has 0 saturated heterocycles. The van der Waals surface area contributed by atoms with E-state index in [9.17, 15) is 0 Å². The Bertz CT molecular complexity index is 497. The Labute approximate surface area is 101 Å². The number of nitrogens with one attached hydrogen (secondary N) is 1. The number of imidazole rings is 1. The van der Waals surface area contributed by atoms with E-state index in [1.54, 1.807) is 0 Å². The first-order chi connectivity index (χ1) is 8.13. The number of aryl methyl sites for hydroxylation is 2. The molecule has 0 saturated carbocycles. The lowest BCUT2D eigenvalue weighted by atomic mass is 10.0. The fourth-order valence-corrected chi connectivity index (χ4v) is 2.00. The molecule has 2 aromatic heterocycles. The minimum Gasteiger partial charge on any atom is -0.338 e. The van der Waals surface area contributed by atoms with Gasteiger partial charge in [-0.15, -0.1) is 0 Å². The molecule has 0 radical (unpaired) electrons. The Morgan fingerprint density at radius 2 is 2.18 bits per heavy atom. The van der Waals surface area contributed by atoms with Crippen LogP contribution < -0.4 is 5.32 Å². The van der Waals surface area contributed by atoms with Gasteiger partial charge in [0.25, 0.3) is 0 Å². The molecule has 0 aliphatic heterocycles. The molecule has 1 unspecified atom stereocenters. The van der Waals surface area contributed by atoms with Crippen molar-refractivity contribution in [2.75, 3.05) is 7.05 Å². The molecule has 2 aromatic rings. The van der Waals surface area contributed by atoms with Crippen LogP contribution in [0.3, 0.4) is 0 Å². The van der Waals surface area contributed by atoms with Gasteiger partial charge < -0.3 is 9.88 Å². The third-order valence-corrected chi connectivity index (χ3v) is 3.30. The van der Waals surface area contributed by atoms with Crippen molar-refractivity contribution in [1.82, 2.24) is 24.6 Å². The van der Waals surface area contributed by atoms with Crippen molar-refractivity contribution < 1.29 is 0 Å². The molecule has 2 rings (SSSR count). The second-order valence-corrected chi connectivity index (χ2v) is 4.31. The second kappa shape index (κ2) is 4.71. The Balaban J connectivity index is 2.23. The number of rotatable bonds is 4. The highest BCUT2D eigenvalue weighted by Crippen LogP contribution is 2.19. The predicted octanol–water partition coefficient (Wildman–Crippen LogP) is 0.965. The third-order valence-electron chi connectivity index (χ3n) is 3.30. The Kier molecular flexibility index (Phi) is 3.28. The van der Waals surface area contributed by atoms with Crippen LogP contribution >= 0.6 is 0 Å². The van der Waals surface area contributed by atoms with Crippen LogP contribution in [0.2, 0.25) is 0 Å². The summed E-state index contributed by atoms with van der Waals surface area (Å²) in [5.41, 5.74) is 2.43. The SMILES string of the molecule is CNC(Cc1nccn1C)c1cnn(C)c1C. The van der Waals surface area contributed by atoms with E-state index >= 15 is 0 Å². The smallest absolute Gasteiger partial charge is 0.110 e. The maximum Gasteiger partial charge on any atom is 0.110 e. The quantitative estimate of drug-likeness (QED) is 0.856. The average molecular weight is 233 g/mol. The number of likely N-dealkylation sites (N-methyl/N-ethyl adjacent to an activating group) is 1. The number of hydrogen-bond acceptors (Lipinski definition) is 3. The van der Waals surface area contributed by atoms with Crippen molar-refractivity contribution in [3.63, 3.8) is 0 Å². The zero-order chi connectivity index (χ0) is 12.4. The van der Waals surface area contributed by atoms with Gasteiger partial charge in [-0.25, -0.2) is 4.98 Å². The van der Waals surface area contributed by atoms with Gasteiger partial charge in [0.2, 0.25) is 0 Å². The molecule has 17 heavy (non-hydrogen) atoms. The second-order valence-electron chi connectivity index (χ2n) is 4.31. The molecule has 5 nitrogen and oxygen atoms in total. The van der Waals surface area contributed by atoms with Gasteiger partial charge in [-0.05, 0) is 14.0 Å². The summed E-state index contributed by atoms with van der Waals surface area (Å²) in [6.07, 6.45) is 6.60. The lowest BCUT2D eigenvalue weighted by Gasteiger charge is -2.15.